The predicted octanol–water partition coefficient (Wildman–Crippen LogP) is 3.14. The van der Waals surface area contributed by atoms with Crippen LogP contribution in [0.5, 0.6) is 5.75 Å². The topological polar surface area (TPSA) is 72.5 Å². The van der Waals surface area contributed by atoms with Crippen molar-refractivity contribution in [3.63, 3.8) is 0 Å². The molecule has 0 aliphatic rings. The van der Waals surface area contributed by atoms with Gasteiger partial charge >= 0.3 is 12.1 Å². The number of ether oxygens (including phenoxy) is 1. The van der Waals surface area contributed by atoms with Gasteiger partial charge in [-0.1, -0.05) is 18.2 Å². The van der Waals surface area contributed by atoms with Crippen LogP contribution in [0.1, 0.15) is 12.0 Å². The number of nitrogens with one attached hydrogen (secondary N) is 1. The Morgan fingerprint density at radius 3 is 2.33 bits per heavy atom. The van der Waals surface area contributed by atoms with Gasteiger partial charge in [0.05, 0.1) is 16.9 Å². The van der Waals surface area contributed by atoms with E-state index in [0.29, 0.717) is 18.6 Å². The summed E-state index contributed by atoms with van der Waals surface area (Å²) >= 11 is 0. The molecule has 0 spiro atoms. The first kappa shape index (κ1) is 20.8. The van der Waals surface area contributed by atoms with Gasteiger partial charge in [-0.15, -0.1) is 0 Å². The van der Waals surface area contributed by atoms with Crippen LogP contribution in [0, 0.1) is 0 Å². The molecule has 0 aliphatic carbocycles. The van der Waals surface area contributed by atoms with Crippen LogP contribution >= 0.6 is 0 Å². The number of rotatable bonds is 7. The summed E-state index contributed by atoms with van der Waals surface area (Å²) in [6, 6.07) is 12.2. The molecule has 0 saturated carbocycles. The van der Waals surface area contributed by atoms with Crippen LogP contribution in [-0.4, -0.2) is 34.2 Å². The van der Waals surface area contributed by atoms with Crippen molar-refractivity contribution in [1.29, 1.82) is 0 Å². The van der Waals surface area contributed by atoms with Crippen LogP contribution in [0.15, 0.2) is 58.3 Å². The fourth-order valence-corrected chi connectivity index (χ4v) is 3.63. The zero-order valence-corrected chi connectivity index (χ0v) is 15.2. The minimum atomic E-state index is -4.89. The van der Waals surface area contributed by atoms with Gasteiger partial charge in [0.2, 0.25) is 9.84 Å². The van der Waals surface area contributed by atoms with Crippen LogP contribution in [0.4, 0.5) is 13.2 Å². The van der Waals surface area contributed by atoms with Gasteiger partial charge in [0.25, 0.3) is 0 Å². The van der Waals surface area contributed by atoms with Crippen molar-refractivity contribution in [2.75, 3.05) is 13.7 Å². The van der Waals surface area contributed by atoms with Gasteiger partial charge in [-0.3, -0.25) is 4.79 Å². The molecule has 9 heteroatoms. The number of sulfone groups is 1. The van der Waals surface area contributed by atoms with E-state index in [1.54, 1.807) is 29.6 Å². The highest BCUT2D eigenvalue weighted by Crippen LogP contribution is 2.24. The molecular weight excluding hydrogens is 383 g/mol. The molecule has 5 nitrogen and oxygen atoms in total. The molecule has 2 rings (SSSR count). The summed E-state index contributed by atoms with van der Waals surface area (Å²) in [6.07, 6.45) is -4.20. The molecule has 0 atom stereocenters. The standard InChI is InChI=1S/C18H18F3NO4S/c1-26-14-5-2-6-16(12-14)27(24,25)15-9-7-13(8-10-15)4-3-11-22-17(23)18(19,20)21/h2,5-10,12H,3-4,11H2,1H3,(H,22,23). The molecule has 0 aliphatic heterocycles. The monoisotopic (exact) mass is 401 g/mol. The predicted molar refractivity (Wildman–Crippen MR) is 92.3 cm³/mol. The molecule has 0 aromatic heterocycles. The minimum absolute atomic E-state index is 0.101. The number of aryl methyl sites for hydroxylation is 1. The van der Waals surface area contributed by atoms with Gasteiger partial charge in [0, 0.05) is 6.54 Å². The molecule has 2 aromatic rings. The Balaban J connectivity index is 1.99. The largest absolute Gasteiger partial charge is 0.497 e. The molecule has 27 heavy (non-hydrogen) atoms. The maximum Gasteiger partial charge on any atom is 0.471 e. The number of halogens is 3. The summed E-state index contributed by atoms with van der Waals surface area (Å²) in [4.78, 5) is 10.9. The molecule has 1 N–H and O–H groups in total. The van der Waals surface area contributed by atoms with E-state index in [0.717, 1.165) is 5.56 Å². The minimum Gasteiger partial charge on any atom is -0.497 e. The van der Waals surface area contributed by atoms with Crippen LogP contribution < -0.4 is 10.1 Å². The molecule has 0 radical (unpaired) electrons. The Bertz CT molecular complexity index is 894. The average Bonchev–Trinajstić information content (AvgIpc) is 2.64. The SMILES string of the molecule is COc1cccc(S(=O)(=O)c2ccc(CCCNC(=O)C(F)(F)F)cc2)c1. The first-order valence-corrected chi connectivity index (χ1v) is 9.46. The number of amides is 1. The van der Waals surface area contributed by atoms with Crippen molar-refractivity contribution in [3.8, 4) is 5.75 Å². The van der Waals surface area contributed by atoms with Crippen molar-refractivity contribution in [3.05, 3.63) is 54.1 Å². The third-order valence-electron chi connectivity index (χ3n) is 3.77. The van der Waals surface area contributed by atoms with Gasteiger partial charge in [0.15, 0.2) is 0 Å². The summed E-state index contributed by atoms with van der Waals surface area (Å²) < 4.78 is 66.5. The van der Waals surface area contributed by atoms with Gasteiger partial charge in [0.1, 0.15) is 5.75 Å². The third kappa shape index (κ3) is 5.46. The second-order valence-corrected chi connectivity index (χ2v) is 7.63. The molecular formula is C18H18F3NO4S. The van der Waals surface area contributed by atoms with Gasteiger partial charge in [-0.25, -0.2) is 8.42 Å². The van der Waals surface area contributed by atoms with Gasteiger partial charge in [-0.05, 0) is 48.7 Å². The first-order chi connectivity index (χ1) is 12.6. The van der Waals surface area contributed by atoms with Crippen molar-refractivity contribution in [1.82, 2.24) is 5.32 Å². The second kappa shape index (κ2) is 8.43. The number of methoxy groups -OCH3 is 1. The molecule has 0 fully saturated rings. The molecule has 0 bridgehead atoms. The smallest absolute Gasteiger partial charge is 0.471 e. The van der Waals surface area contributed by atoms with Crippen molar-refractivity contribution >= 4 is 15.7 Å². The van der Waals surface area contributed by atoms with Gasteiger partial charge < -0.3 is 10.1 Å². The Morgan fingerprint density at radius 2 is 1.74 bits per heavy atom. The van der Waals surface area contributed by atoms with E-state index in [4.69, 9.17) is 4.74 Å². The number of hydrogen-bond acceptors (Lipinski definition) is 4. The summed E-state index contributed by atoms with van der Waals surface area (Å²) in [5.74, 6) is -1.55. The molecule has 1 amide bonds. The van der Waals surface area contributed by atoms with E-state index in [9.17, 15) is 26.4 Å². The van der Waals surface area contributed by atoms with E-state index < -0.39 is 21.9 Å². The Kier molecular flexibility index (Phi) is 6.48. The molecule has 0 heterocycles. The number of carbonyl (C=O) groups is 1. The van der Waals surface area contributed by atoms with Crippen LogP contribution in [0.2, 0.25) is 0 Å². The first-order valence-electron chi connectivity index (χ1n) is 7.97. The Labute approximate surface area is 155 Å². The fourth-order valence-electron chi connectivity index (χ4n) is 2.33. The highest BCUT2D eigenvalue weighted by atomic mass is 32.2. The van der Waals surface area contributed by atoms with Crippen molar-refractivity contribution in [2.45, 2.75) is 28.8 Å². The molecule has 2 aromatic carbocycles. The fraction of sp³-hybridized carbons (Fsp3) is 0.278. The van der Waals surface area contributed by atoms with Crippen LogP contribution in [0.3, 0.4) is 0 Å². The van der Waals surface area contributed by atoms with Crippen molar-refractivity contribution < 1.29 is 31.1 Å². The van der Waals surface area contributed by atoms with Gasteiger partial charge in [-0.2, -0.15) is 13.2 Å². The summed E-state index contributed by atoms with van der Waals surface area (Å²) in [7, 11) is -2.26. The summed E-state index contributed by atoms with van der Waals surface area (Å²) in [5, 5.41) is 1.79. The van der Waals surface area contributed by atoms with Crippen LogP contribution in [0.25, 0.3) is 0 Å². The Hall–Kier alpha value is -2.55. The quantitative estimate of drug-likeness (QED) is 0.724. The lowest BCUT2D eigenvalue weighted by atomic mass is 10.1. The lowest BCUT2D eigenvalue weighted by Gasteiger charge is -2.09. The number of benzene rings is 2. The normalized spacial score (nSPS) is 11.9. The zero-order chi connectivity index (χ0) is 20.1. The maximum absolute atomic E-state index is 12.6. The molecule has 0 saturated heterocycles. The summed E-state index contributed by atoms with van der Waals surface area (Å²) in [5.41, 5.74) is 0.751. The molecule has 146 valence electrons. The number of carbonyl (C=O) groups excluding carboxylic acids is 1. The van der Waals surface area contributed by atoms with Crippen LogP contribution in [-0.2, 0) is 21.1 Å². The van der Waals surface area contributed by atoms with Crippen molar-refractivity contribution in [2.24, 2.45) is 0 Å². The lowest BCUT2D eigenvalue weighted by molar-refractivity contribution is -0.173. The third-order valence-corrected chi connectivity index (χ3v) is 5.54. The highest BCUT2D eigenvalue weighted by Gasteiger charge is 2.38. The molecule has 0 unspecified atom stereocenters. The maximum atomic E-state index is 12.6. The van der Waals surface area contributed by atoms with E-state index >= 15 is 0 Å². The summed E-state index contributed by atoms with van der Waals surface area (Å²) in [6.45, 7) is -0.123. The lowest BCUT2D eigenvalue weighted by Crippen LogP contribution is -2.37. The zero-order valence-electron chi connectivity index (χ0n) is 14.4. The Morgan fingerprint density at radius 1 is 1.07 bits per heavy atom. The number of hydrogen-bond donors (Lipinski definition) is 1. The van der Waals surface area contributed by atoms with E-state index in [-0.39, 0.29) is 16.3 Å². The second-order valence-electron chi connectivity index (χ2n) is 5.68. The van der Waals surface area contributed by atoms with E-state index in [1.807, 2.05) is 0 Å². The average molecular weight is 401 g/mol. The highest BCUT2D eigenvalue weighted by molar-refractivity contribution is 7.91. The van der Waals surface area contributed by atoms with E-state index in [2.05, 4.69) is 0 Å². The van der Waals surface area contributed by atoms with E-state index in [1.165, 1.54) is 31.4 Å². The number of alkyl halides is 3.